The second kappa shape index (κ2) is 8.07. The van der Waals surface area contributed by atoms with Crippen molar-refractivity contribution >= 4 is 45.9 Å². The molecule has 4 aromatic rings. The number of thiocarbonyl (C=S) groups is 1. The fraction of sp³-hybridized carbons (Fsp3) is 0.0769. The Labute approximate surface area is 205 Å². The Morgan fingerprint density at radius 1 is 1.00 bits per heavy atom. The van der Waals surface area contributed by atoms with Gasteiger partial charge in [-0.25, -0.2) is 9.79 Å². The minimum Gasteiger partial charge on any atom is -0.506 e. The Hall–Kier alpha value is -4.50. The van der Waals surface area contributed by atoms with Crippen molar-refractivity contribution in [2.75, 3.05) is 4.90 Å². The second-order valence-electron chi connectivity index (χ2n) is 8.12. The zero-order valence-electron chi connectivity index (χ0n) is 18.5. The van der Waals surface area contributed by atoms with Crippen molar-refractivity contribution in [3.63, 3.8) is 0 Å². The summed E-state index contributed by atoms with van der Waals surface area (Å²) in [5, 5.41) is 17.4. The molecule has 172 valence electrons. The molecule has 0 aliphatic carbocycles. The predicted octanol–water partition coefficient (Wildman–Crippen LogP) is 4.66. The van der Waals surface area contributed by atoms with Crippen LogP contribution in [0.3, 0.4) is 0 Å². The van der Waals surface area contributed by atoms with Crippen LogP contribution in [-0.2, 0) is 4.74 Å². The number of rotatable bonds is 3. The van der Waals surface area contributed by atoms with E-state index in [1.54, 1.807) is 18.2 Å². The van der Waals surface area contributed by atoms with Crippen molar-refractivity contribution in [2.24, 2.45) is 10.1 Å². The Balaban J connectivity index is 1.48. The molecule has 1 unspecified atom stereocenters. The number of anilines is 1. The zero-order chi connectivity index (χ0) is 24.1. The van der Waals surface area contributed by atoms with Crippen LogP contribution in [0.25, 0.3) is 11.0 Å². The highest BCUT2D eigenvalue weighted by Crippen LogP contribution is 2.36. The summed E-state index contributed by atoms with van der Waals surface area (Å²) in [6.07, 6.45) is -0.517. The maximum atomic E-state index is 12.8. The van der Waals surface area contributed by atoms with E-state index >= 15 is 0 Å². The molecule has 0 saturated heterocycles. The van der Waals surface area contributed by atoms with Crippen LogP contribution >= 0.6 is 12.2 Å². The zero-order valence-corrected chi connectivity index (χ0v) is 19.3. The summed E-state index contributed by atoms with van der Waals surface area (Å²) in [5.74, 6) is -0.410. The number of aliphatic imine (C=N–C) groups is 1. The second-order valence-corrected chi connectivity index (χ2v) is 8.48. The number of hydrogen-bond acceptors (Lipinski definition) is 7. The number of aryl methyl sites for hydroxylation is 1. The first-order valence-corrected chi connectivity index (χ1v) is 11.3. The SMILES string of the molecule is Cc1ccc2oc(=O)c(C3=NN4C(=S)N(c5ccccc5)C(c5ccccc5)N=C4O3)c(O)c2c1. The summed E-state index contributed by atoms with van der Waals surface area (Å²) < 4.78 is 11.3. The molecular weight excluding hydrogens is 464 g/mol. The van der Waals surface area contributed by atoms with Crippen molar-refractivity contribution in [1.29, 1.82) is 0 Å². The molecule has 3 heterocycles. The fourth-order valence-corrected chi connectivity index (χ4v) is 4.46. The van der Waals surface area contributed by atoms with E-state index in [-0.39, 0.29) is 28.8 Å². The maximum absolute atomic E-state index is 12.8. The molecule has 0 radical (unpaired) electrons. The van der Waals surface area contributed by atoms with Crippen molar-refractivity contribution < 1.29 is 14.3 Å². The number of para-hydroxylation sites is 1. The summed E-state index contributed by atoms with van der Waals surface area (Å²) in [4.78, 5) is 19.4. The maximum Gasteiger partial charge on any atom is 0.353 e. The normalized spacial score (nSPS) is 17.2. The fourth-order valence-electron chi connectivity index (χ4n) is 4.14. The van der Waals surface area contributed by atoms with Crippen LogP contribution in [0.2, 0.25) is 0 Å². The first-order chi connectivity index (χ1) is 17.0. The summed E-state index contributed by atoms with van der Waals surface area (Å²) in [7, 11) is 0. The average molecular weight is 483 g/mol. The number of aromatic hydroxyl groups is 1. The number of nitrogens with zero attached hydrogens (tertiary/aromatic N) is 4. The molecule has 0 saturated carbocycles. The molecular formula is C26H18N4O4S. The number of benzene rings is 3. The summed E-state index contributed by atoms with van der Waals surface area (Å²) in [5.41, 5.74) is 1.92. The van der Waals surface area contributed by atoms with Gasteiger partial charge in [-0.1, -0.05) is 60.2 Å². The van der Waals surface area contributed by atoms with Crippen LogP contribution < -0.4 is 10.5 Å². The molecule has 9 heteroatoms. The van der Waals surface area contributed by atoms with Gasteiger partial charge in [-0.15, -0.1) is 5.10 Å². The van der Waals surface area contributed by atoms with Gasteiger partial charge in [0.15, 0.2) is 11.7 Å². The number of hydrogen-bond donors (Lipinski definition) is 1. The first-order valence-electron chi connectivity index (χ1n) is 10.9. The standard InChI is InChI=1S/C26H18N4O4S/c1-15-12-13-19-18(14-15)21(31)20(24(32)33-19)23-28-30-25(34-23)27-22(16-8-4-2-5-9-16)29(26(30)35)17-10-6-3-7-11-17/h2-14,22,31H,1H3. The largest absolute Gasteiger partial charge is 0.506 e. The van der Waals surface area contributed by atoms with E-state index in [0.29, 0.717) is 10.5 Å². The summed E-state index contributed by atoms with van der Waals surface area (Å²) in [6, 6.07) is 24.5. The lowest BCUT2D eigenvalue weighted by Gasteiger charge is -2.36. The van der Waals surface area contributed by atoms with E-state index in [0.717, 1.165) is 16.8 Å². The minimum absolute atomic E-state index is 0.106. The van der Waals surface area contributed by atoms with Gasteiger partial charge in [-0.3, -0.25) is 4.90 Å². The van der Waals surface area contributed by atoms with Gasteiger partial charge in [-0.2, -0.15) is 5.01 Å². The van der Waals surface area contributed by atoms with E-state index in [1.807, 2.05) is 72.5 Å². The van der Waals surface area contributed by atoms with Crippen LogP contribution in [0.1, 0.15) is 22.9 Å². The topological polar surface area (TPSA) is 90.9 Å². The van der Waals surface area contributed by atoms with Gasteiger partial charge in [0.1, 0.15) is 11.3 Å². The Bertz CT molecular complexity index is 1600. The molecule has 35 heavy (non-hydrogen) atoms. The lowest BCUT2D eigenvalue weighted by atomic mass is 10.1. The number of amidine groups is 1. The predicted molar refractivity (Wildman–Crippen MR) is 136 cm³/mol. The summed E-state index contributed by atoms with van der Waals surface area (Å²) >= 11 is 5.81. The van der Waals surface area contributed by atoms with Crippen LogP contribution in [0, 0.1) is 6.92 Å². The number of hydrazone groups is 1. The average Bonchev–Trinajstić information content (AvgIpc) is 3.30. The first kappa shape index (κ1) is 21.1. The van der Waals surface area contributed by atoms with E-state index in [2.05, 4.69) is 5.10 Å². The van der Waals surface area contributed by atoms with E-state index in [1.165, 1.54) is 5.01 Å². The van der Waals surface area contributed by atoms with Crippen LogP contribution in [-0.4, -0.2) is 27.1 Å². The smallest absolute Gasteiger partial charge is 0.353 e. The van der Waals surface area contributed by atoms with Gasteiger partial charge < -0.3 is 14.3 Å². The lowest BCUT2D eigenvalue weighted by molar-refractivity contribution is 0.453. The van der Waals surface area contributed by atoms with Gasteiger partial charge >= 0.3 is 11.6 Å². The highest BCUT2D eigenvalue weighted by atomic mass is 32.1. The van der Waals surface area contributed by atoms with Crippen molar-refractivity contribution in [2.45, 2.75) is 13.1 Å². The van der Waals surface area contributed by atoms with E-state index < -0.39 is 11.8 Å². The van der Waals surface area contributed by atoms with Crippen LogP contribution in [0.15, 0.2) is 98.2 Å². The highest BCUT2D eigenvalue weighted by molar-refractivity contribution is 7.80. The van der Waals surface area contributed by atoms with Gasteiger partial charge in [0.2, 0.25) is 5.11 Å². The third-order valence-electron chi connectivity index (χ3n) is 5.80. The highest BCUT2D eigenvalue weighted by Gasteiger charge is 2.41. The van der Waals surface area contributed by atoms with Gasteiger partial charge in [-0.05, 0) is 49.0 Å². The molecule has 0 bridgehead atoms. The molecule has 8 nitrogen and oxygen atoms in total. The van der Waals surface area contributed by atoms with Crippen molar-refractivity contribution in [1.82, 2.24) is 5.01 Å². The molecule has 0 fully saturated rings. The van der Waals surface area contributed by atoms with Crippen LogP contribution in [0.5, 0.6) is 5.75 Å². The molecule has 1 atom stereocenters. The molecule has 3 aromatic carbocycles. The van der Waals surface area contributed by atoms with E-state index in [9.17, 15) is 9.90 Å². The molecule has 6 rings (SSSR count). The van der Waals surface area contributed by atoms with Crippen molar-refractivity contribution in [3.05, 3.63) is 106 Å². The Morgan fingerprint density at radius 2 is 1.71 bits per heavy atom. The molecule has 1 N–H and O–H groups in total. The molecule has 1 aromatic heterocycles. The third kappa shape index (κ3) is 3.44. The quantitative estimate of drug-likeness (QED) is 0.335. The monoisotopic (exact) mass is 482 g/mol. The Morgan fingerprint density at radius 3 is 2.46 bits per heavy atom. The molecule has 2 aliphatic heterocycles. The third-order valence-corrected chi connectivity index (χ3v) is 6.17. The minimum atomic E-state index is -0.775. The number of fused-ring (bicyclic) bond motifs is 2. The van der Waals surface area contributed by atoms with Crippen LogP contribution in [0.4, 0.5) is 5.69 Å². The van der Waals surface area contributed by atoms with E-state index in [4.69, 9.17) is 26.4 Å². The number of ether oxygens (including phenoxy) is 1. The molecule has 0 amide bonds. The van der Waals surface area contributed by atoms with Gasteiger partial charge in [0.25, 0.3) is 5.90 Å². The van der Waals surface area contributed by atoms with Crippen molar-refractivity contribution in [3.8, 4) is 5.75 Å². The molecule has 2 aliphatic rings. The van der Waals surface area contributed by atoms with Gasteiger partial charge in [0.05, 0.1) is 5.39 Å². The summed E-state index contributed by atoms with van der Waals surface area (Å²) in [6.45, 7) is 1.88. The molecule has 0 spiro atoms. The van der Waals surface area contributed by atoms with Gasteiger partial charge in [0, 0.05) is 5.69 Å². The Kier molecular flexibility index (Phi) is 4.85. The lowest BCUT2D eigenvalue weighted by Crippen LogP contribution is -2.48.